The van der Waals surface area contributed by atoms with Gasteiger partial charge in [-0.15, -0.1) is 0 Å². The SMILES string of the molecule is C[C@H]1C[C@](C)(C(=O)O)C[C@@]1(N)C(=O)O. The van der Waals surface area contributed by atoms with E-state index in [1.807, 2.05) is 0 Å². The molecule has 5 heteroatoms. The average molecular weight is 201 g/mol. The Hall–Kier alpha value is -1.10. The summed E-state index contributed by atoms with van der Waals surface area (Å²) in [7, 11) is 0. The smallest absolute Gasteiger partial charge is 0.323 e. The molecule has 3 atom stereocenters. The van der Waals surface area contributed by atoms with Crippen molar-refractivity contribution in [3.63, 3.8) is 0 Å². The minimum atomic E-state index is -1.40. The molecular formula is C9H15NO4. The van der Waals surface area contributed by atoms with E-state index in [4.69, 9.17) is 15.9 Å². The summed E-state index contributed by atoms with van der Waals surface area (Å²) in [6.07, 6.45) is 0.303. The normalized spacial score (nSPS) is 42.4. The third-order valence-electron chi connectivity index (χ3n) is 3.23. The van der Waals surface area contributed by atoms with Crippen LogP contribution in [0, 0.1) is 11.3 Å². The van der Waals surface area contributed by atoms with Gasteiger partial charge in [0.25, 0.3) is 0 Å². The van der Waals surface area contributed by atoms with E-state index in [-0.39, 0.29) is 12.3 Å². The fourth-order valence-corrected chi connectivity index (χ4v) is 2.20. The first kappa shape index (κ1) is 11.0. The van der Waals surface area contributed by atoms with Gasteiger partial charge in [-0.3, -0.25) is 9.59 Å². The summed E-state index contributed by atoms with van der Waals surface area (Å²) in [5, 5.41) is 17.9. The Morgan fingerprint density at radius 1 is 1.36 bits per heavy atom. The van der Waals surface area contributed by atoms with Crippen molar-refractivity contribution in [3.05, 3.63) is 0 Å². The average Bonchev–Trinajstić information content (AvgIpc) is 2.25. The van der Waals surface area contributed by atoms with E-state index in [0.717, 1.165) is 0 Å². The number of hydrogen-bond donors (Lipinski definition) is 3. The van der Waals surface area contributed by atoms with Crippen LogP contribution in [-0.4, -0.2) is 27.7 Å². The van der Waals surface area contributed by atoms with Gasteiger partial charge in [-0.05, 0) is 25.7 Å². The molecule has 1 saturated carbocycles. The first-order valence-electron chi connectivity index (χ1n) is 4.48. The summed E-state index contributed by atoms with van der Waals surface area (Å²) in [6, 6.07) is 0. The van der Waals surface area contributed by atoms with Gasteiger partial charge in [-0.2, -0.15) is 0 Å². The van der Waals surface area contributed by atoms with E-state index in [2.05, 4.69) is 0 Å². The maximum absolute atomic E-state index is 10.9. The summed E-state index contributed by atoms with van der Waals surface area (Å²) in [4.78, 5) is 21.9. The summed E-state index contributed by atoms with van der Waals surface area (Å²) < 4.78 is 0. The van der Waals surface area contributed by atoms with Crippen molar-refractivity contribution in [2.45, 2.75) is 32.2 Å². The number of hydrogen-bond acceptors (Lipinski definition) is 3. The highest BCUT2D eigenvalue weighted by Crippen LogP contribution is 2.46. The fraction of sp³-hybridized carbons (Fsp3) is 0.778. The predicted octanol–water partition coefficient (Wildman–Crippen LogP) is 0.289. The number of carbonyl (C=O) groups is 2. The van der Waals surface area contributed by atoms with E-state index in [1.165, 1.54) is 0 Å². The van der Waals surface area contributed by atoms with Gasteiger partial charge in [0.15, 0.2) is 0 Å². The Kier molecular flexibility index (Phi) is 2.31. The third kappa shape index (κ3) is 1.37. The predicted molar refractivity (Wildman–Crippen MR) is 48.7 cm³/mol. The van der Waals surface area contributed by atoms with E-state index < -0.39 is 22.9 Å². The summed E-state index contributed by atoms with van der Waals surface area (Å²) in [6.45, 7) is 3.23. The molecule has 0 aromatic carbocycles. The number of carboxylic acid groups (broad SMARTS) is 2. The van der Waals surface area contributed by atoms with Gasteiger partial charge < -0.3 is 15.9 Å². The summed E-state index contributed by atoms with van der Waals surface area (Å²) in [5.74, 6) is -2.41. The van der Waals surface area contributed by atoms with Gasteiger partial charge in [-0.25, -0.2) is 0 Å². The van der Waals surface area contributed by atoms with Crippen molar-refractivity contribution < 1.29 is 19.8 Å². The monoisotopic (exact) mass is 201 g/mol. The van der Waals surface area contributed by atoms with Crippen molar-refractivity contribution in [3.8, 4) is 0 Å². The van der Waals surface area contributed by atoms with Crippen LogP contribution >= 0.6 is 0 Å². The van der Waals surface area contributed by atoms with Gasteiger partial charge in [0.05, 0.1) is 5.41 Å². The van der Waals surface area contributed by atoms with Gasteiger partial charge in [-0.1, -0.05) is 6.92 Å². The third-order valence-corrected chi connectivity index (χ3v) is 3.23. The molecule has 1 aliphatic carbocycles. The Morgan fingerprint density at radius 3 is 2.07 bits per heavy atom. The number of aliphatic carboxylic acids is 2. The van der Waals surface area contributed by atoms with Crippen LogP contribution in [0.25, 0.3) is 0 Å². The zero-order chi connectivity index (χ0) is 11.1. The highest BCUT2D eigenvalue weighted by molar-refractivity contribution is 5.83. The van der Waals surface area contributed by atoms with Crippen LogP contribution < -0.4 is 5.73 Å². The molecule has 0 unspecified atom stereocenters. The maximum Gasteiger partial charge on any atom is 0.323 e. The highest BCUT2D eigenvalue weighted by atomic mass is 16.4. The number of carboxylic acids is 2. The van der Waals surface area contributed by atoms with Crippen LogP contribution in [-0.2, 0) is 9.59 Å². The van der Waals surface area contributed by atoms with Crippen molar-refractivity contribution in [2.75, 3.05) is 0 Å². The van der Waals surface area contributed by atoms with Crippen LogP contribution in [0.4, 0.5) is 0 Å². The lowest BCUT2D eigenvalue weighted by Gasteiger charge is -2.24. The zero-order valence-corrected chi connectivity index (χ0v) is 8.28. The molecule has 1 aliphatic rings. The topological polar surface area (TPSA) is 101 Å². The Labute approximate surface area is 81.9 Å². The second kappa shape index (κ2) is 2.95. The molecule has 14 heavy (non-hydrogen) atoms. The van der Waals surface area contributed by atoms with Crippen molar-refractivity contribution in [1.29, 1.82) is 0 Å². The molecule has 1 rings (SSSR count). The quantitative estimate of drug-likeness (QED) is 0.596. The van der Waals surface area contributed by atoms with Crippen LogP contribution in [0.15, 0.2) is 0 Å². The molecule has 0 radical (unpaired) electrons. The molecule has 0 amide bonds. The Balaban J connectivity index is 2.99. The molecule has 0 aromatic heterocycles. The molecule has 0 heterocycles. The zero-order valence-electron chi connectivity index (χ0n) is 8.28. The molecule has 0 aliphatic heterocycles. The lowest BCUT2D eigenvalue weighted by molar-refractivity contribution is -0.148. The summed E-state index contributed by atoms with van der Waals surface area (Å²) >= 11 is 0. The summed E-state index contributed by atoms with van der Waals surface area (Å²) in [5.41, 5.74) is 3.29. The second-order valence-electron chi connectivity index (χ2n) is 4.49. The molecule has 0 spiro atoms. The van der Waals surface area contributed by atoms with Gasteiger partial charge in [0.1, 0.15) is 5.54 Å². The molecule has 0 saturated heterocycles. The van der Waals surface area contributed by atoms with Crippen LogP contribution in [0.1, 0.15) is 26.7 Å². The first-order valence-corrected chi connectivity index (χ1v) is 4.48. The second-order valence-corrected chi connectivity index (χ2v) is 4.49. The Bertz CT molecular complexity index is 291. The first-order chi connectivity index (χ1) is 6.22. The van der Waals surface area contributed by atoms with Crippen LogP contribution in [0.5, 0.6) is 0 Å². The van der Waals surface area contributed by atoms with Crippen LogP contribution in [0.2, 0.25) is 0 Å². The molecule has 1 fully saturated rings. The van der Waals surface area contributed by atoms with Crippen molar-refractivity contribution in [1.82, 2.24) is 0 Å². The molecule has 0 aromatic rings. The number of nitrogens with two attached hydrogens (primary N) is 1. The van der Waals surface area contributed by atoms with Gasteiger partial charge in [0, 0.05) is 0 Å². The highest BCUT2D eigenvalue weighted by Gasteiger charge is 2.56. The standard InChI is InChI=1S/C9H15NO4/c1-5-3-8(2,6(11)12)4-9(5,10)7(13)14/h5H,3-4,10H2,1-2H3,(H,11,12)(H,13,14)/t5-,8-,9-/m0/s1. The van der Waals surface area contributed by atoms with Crippen LogP contribution in [0.3, 0.4) is 0 Å². The minimum Gasteiger partial charge on any atom is -0.481 e. The molecule has 4 N–H and O–H groups in total. The molecule has 0 bridgehead atoms. The van der Waals surface area contributed by atoms with Crippen molar-refractivity contribution in [2.24, 2.45) is 17.1 Å². The van der Waals surface area contributed by atoms with E-state index in [1.54, 1.807) is 13.8 Å². The molecule has 80 valence electrons. The lowest BCUT2D eigenvalue weighted by Crippen LogP contribution is -2.50. The lowest BCUT2D eigenvalue weighted by atomic mass is 9.86. The molecular weight excluding hydrogens is 186 g/mol. The van der Waals surface area contributed by atoms with Crippen molar-refractivity contribution >= 4 is 11.9 Å². The van der Waals surface area contributed by atoms with E-state index >= 15 is 0 Å². The minimum absolute atomic E-state index is 0.00810. The van der Waals surface area contributed by atoms with E-state index in [9.17, 15) is 9.59 Å². The van der Waals surface area contributed by atoms with Gasteiger partial charge in [0.2, 0.25) is 0 Å². The largest absolute Gasteiger partial charge is 0.481 e. The number of rotatable bonds is 2. The molecule has 5 nitrogen and oxygen atoms in total. The fourth-order valence-electron chi connectivity index (χ4n) is 2.20. The van der Waals surface area contributed by atoms with Gasteiger partial charge >= 0.3 is 11.9 Å². The van der Waals surface area contributed by atoms with E-state index in [0.29, 0.717) is 6.42 Å². The maximum atomic E-state index is 10.9. The Morgan fingerprint density at radius 2 is 1.86 bits per heavy atom.